The molecule has 2 heterocycles. The van der Waals surface area contributed by atoms with Gasteiger partial charge in [0.25, 0.3) is 0 Å². The fraction of sp³-hybridized carbons (Fsp3) is 0.176. The summed E-state index contributed by atoms with van der Waals surface area (Å²) in [7, 11) is 1.65. The van der Waals surface area contributed by atoms with Crippen LogP contribution in [0.3, 0.4) is 0 Å². The fourth-order valence-electron chi connectivity index (χ4n) is 4.31. The Morgan fingerprint density at radius 2 is 1.55 bits per heavy atom. The van der Waals surface area contributed by atoms with Gasteiger partial charge in [-0.05, 0) is 66.8 Å². The minimum atomic E-state index is -0.318. The van der Waals surface area contributed by atoms with Gasteiger partial charge < -0.3 is 19.4 Å². The number of H-pyrrole nitrogens is 2. The molecule has 2 N–H and O–H groups in total. The third-order valence-electron chi connectivity index (χ3n) is 6.70. The van der Waals surface area contributed by atoms with Crippen LogP contribution < -0.4 is 4.74 Å². The molecule has 0 bridgehead atoms. The number of benzene rings is 3. The molecular weight excluding hydrogens is 500 g/mol. The standard InChI is InChI=1S/C19H17NO2.C15H17NO2/c1-13(2)15-9-7-14(8-10-15)12-22-19(21)17-11-20-18-6-4-3-5-16(17)18;1-10(2)15(17)7-4-11-9-16-14-6-5-12(18-3)8-13(11)14/h3-11,20H,1,12H2,2H3;5-6,8-9,16H,1,4,7H2,2-3H3. The maximum Gasteiger partial charge on any atom is 0.340 e. The molecule has 6 nitrogen and oxygen atoms in total. The number of nitrogens with one attached hydrogen (secondary N) is 2. The highest BCUT2D eigenvalue weighted by atomic mass is 16.5. The molecule has 0 aliphatic rings. The number of para-hydroxylation sites is 1. The number of hydrogen-bond acceptors (Lipinski definition) is 4. The van der Waals surface area contributed by atoms with E-state index < -0.39 is 0 Å². The first-order valence-electron chi connectivity index (χ1n) is 13.1. The maximum atomic E-state index is 12.2. The smallest absolute Gasteiger partial charge is 0.340 e. The molecule has 40 heavy (non-hydrogen) atoms. The Balaban J connectivity index is 0.000000189. The number of aryl methyl sites for hydroxylation is 1. The van der Waals surface area contributed by atoms with Gasteiger partial charge in [-0.25, -0.2) is 4.79 Å². The Morgan fingerprint density at radius 3 is 2.25 bits per heavy atom. The minimum absolute atomic E-state index is 0.118. The van der Waals surface area contributed by atoms with Gasteiger partial charge in [0.15, 0.2) is 5.78 Å². The quantitative estimate of drug-likeness (QED) is 0.149. The zero-order valence-electron chi connectivity index (χ0n) is 23.2. The van der Waals surface area contributed by atoms with E-state index in [0.29, 0.717) is 17.6 Å². The second-order valence-corrected chi connectivity index (χ2v) is 9.73. The Labute approximate surface area is 234 Å². The minimum Gasteiger partial charge on any atom is -0.497 e. The van der Waals surface area contributed by atoms with Crippen molar-refractivity contribution in [1.82, 2.24) is 9.97 Å². The van der Waals surface area contributed by atoms with E-state index in [-0.39, 0.29) is 18.4 Å². The van der Waals surface area contributed by atoms with Crippen LogP contribution in [0.4, 0.5) is 0 Å². The summed E-state index contributed by atoms with van der Waals surface area (Å²) in [6, 6.07) is 21.4. The molecule has 0 atom stereocenters. The molecule has 0 saturated heterocycles. The number of esters is 1. The van der Waals surface area contributed by atoms with Crippen molar-refractivity contribution in [3.8, 4) is 5.75 Å². The first-order chi connectivity index (χ1) is 19.3. The summed E-state index contributed by atoms with van der Waals surface area (Å²) in [5.74, 6) is 0.628. The van der Waals surface area contributed by atoms with Gasteiger partial charge in [-0.15, -0.1) is 0 Å². The lowest BCUT2D eigenvalue weighted by Gasteiger charge is -2.06. The van der Waals surface area contributed by atoms with Gasteiger partial charge in [-0.2, -0.15) is 0 Å². The van der Waals surface area contributed by atoms with Crippen LogP contribution in [-0.4, -0.2) is 28.8 Å². The molecule has 0 saturated carbocycles. The van der Waals surface area contributed by atoms with Crippen molar-refractivity contribution in [2.75, 3.05) is 7.11 Å². The molecule has 5 rings (SSSR count). The van der Waals surface area contributed by atoms with Crippen LogP contribution in [0.2, 0.25) is 0 Å². The van der Waals surface area contributed by atoms with E-state index in [2.05, 4.69) is 23.1 Å². The van der Waals surface area contributed by atoms with Gasteiger partial charge in [0.2, 0.25) is 0 Å². The summed E-state index contributed by atoms with van der Waals surface area (Å²) in [4.78, 5) is 30.1. The molecule has 0 aliphatic heterocycles. The molecule has 6 heteroatoms. The van der Waals surface area contributed by atoms with Crippen molar-refractivity contribution in [1.29, 1.82) is 0 Å². The lowest BCUT2D eigenvalue weighted by Crippen LogP contribution is -2.04. The van der Waals surface area contributed by atoms with E-state index in [0.717, 1.165) is 56.2 Å². The monoisotopic (exact) mass is 534 g/mol. The molecule has 0 radical (unpaired) electrons. The molecule has 0 unspecified atom stereocenters. The number of carbonyl (C=O) groups excluding carboxylic acids is 2. The van der Waals surface area contributed by atoms with Gasteiger partial charge in [0.05, 0.1) is 12.7 Å². The molecular formula is C34H34N2O4. The Bertz CT molecular complexity index is 1670. The summed E-state index contributed by atoms with van der Waals surface area (Å²) >= 11 is 0. The highest BCUT2D eigenvalue weighted by molar-refractivity contribution is 6.04. The normalized spacial score (nSPS) is 10.6. The van der Waals surface area contributed by atoms with E-state index in [1.54, 1.807) is 20.2 Å². The highest BCUT2D eigenvalue weighted by Gasteiger charge is 2.13. The number of Topliss-reactive ketones (excluding diaryl/α,β-unsaturated/α-hetero) is 1. The van der Waals surface area contributed by atoms with Gasteiger partial charge in [-0.1, -0.05) is 61.2 Å². The van der Waals surface area contributed by atoms with E-state index in [1.165, 1.54) is 0 Å². The van der Waals surface area contributed by atoms with E-state index in [1.807, 2.05) is 79.9 Å². The van der Waals surface area contributed by atoms with Gasteiger partial charge >= 0.3 is 5.97 Å². The molecule has 3 aromatic carbocycles. The Morgan fingerprint density at radius 1 is 0.850 bits per heavy atom. The second kappa shape index (κ2) is 12.8. The van der Waals surface area contributed by atoms with Crippen molar-refractivity contribution in [3.63, 3.8) is 0 Å². The SMILES string of the molecule is C=C(C)C(=O)CCc1c[nH]c2ccc(OC)cc12.C=C(C)c1ccc(COC(=O)c2c[nH]c3ccccc23)cc1. The molecule has 0 fully saturated rings. The lowest BCUT2D eigenvalue weighted by atomic mass is 10.0. The van der Waals surface area contributed by atoms with Crippen LogP contribution in [0, 0.1) is 0 Å². The number of hydrogen-bond donors (Lipinski definition) is 2. The summed E-state index contributed by atoms with van der Waals surface area (Å²) in [6.07, 6.45) is 4.87. The Hall–Kier alpha value is -4.84. The molecule has 2 aromatic heterocycles. The summed E-state index contributed by atoms with van der Waals surface area (Å²) < 4.78 is 10.6. The van der Waals surface area contributed by atoms with Crippen molar-refractivity contribution in [3.05, 3.63) is 120 Å². The molecule has 0 spiro atoms. The third-order valence-corrected chi connectivity index (χ3v) is 6.70. The second-order valence-electron chi connectivity index (χ2n) is 9.73. The number of aromatic amines is 2. The van der Waals surface area contributed by atoms with Crippen molar-refractivity contribution in [2.24, 2.45) is 0 Å². The first-order valence-corrected chi connectivity index (χ1v) is 13.1. The average Bonchev–Trinajstić information content (AvgIpc) is 3.59. The number of ketones is 1. The number of carbonyl (C=O) groups is 2. The summed E-state index contributed by atoms with van der Waals surface area (Å²) in [5, 5.41) is 1.99. The summed E-state index contributed by atoms with van der Waals surface area (Å²) in [5.41, 5.74) is 7.38. The zero-order chi connectivity index (χ0) is 28.6. The number of rotatable bonds is 9. The molecule has 0 amide bonds. The number of methoxy groups -OCH3 is 1. The number of aromatic nitrogens is 2. The van der Waals surface area contributed by atoms with Crippen LogP contribution in [0.15, 0.2) is 97.9 Å². The predicted octanol–water partition coefficient (Wildman–Crippen LogP) is 7.81. The van der Waals surface area contributed by atoms with Crippen molar-refractivity contribution in [2.45, 2.75) is 33.3 Å². The van der Waals surface area contributed by atoms with Crippen molar-refractivity contribution >= 4 is 39.1 Å². The topological polar surface area (TPSA) is 84.2 Å². The van der Waals surface area contributed by atoms with Crippen molar-refractivity contribution < 1.29 is 19.1 Å². The number of fused-ring (bicyclic) bond motifs is 2. The van der Waals surface area contributed by atoms with Crippen LogP contribution >= 0.6 is 0 Å². The number of ether oxygens (including phenoxy) is 2. The fourth-order valence-corrected chi connectivity index (χ4v) is 4.31. The highest BCUT2D eigenvalue weighted by Crippen LogP contribution is 2.25. The third kappa shape index (κ3) is 6.77. The van der Waals surface area contributed by atoms with Gasteiger partial charge in [0, 0.05) is 40.6 Å². The van der Waals surface area contributed by atoms with Crippen LogP contribution in [-0.2, 0) is 22.6 Å². The Kier molecular flexibility index (Phi) is 9.02. The zero-order valence-corrected chi connectivity index (χ0v) is 23.2. The van der Waals surface area contributed by atoms with E-state index in [4.69, 9.17) is 9.47 Å². The van der Waals surface area contributed by atoms with E-state index in [9.17, 15) is 9.59 Å². The average molecular weight is 535 g/mol. The summed E-state index contributed by atoms with van der Waals surface area (Å²) in [6.45, 7) is 11.5. The number of allylic oxidation sites excluding steroid dienone is 2. The predicted molar refractivity (Wildman–Crippen MR) is 162 cm³/mol. The molecule has 5 aromatic rings. The lowest BCUT2D eigenvalue weighted by molar-refractivity contribution is -0.115. The van der Waals surface area contributed by atoms with Crippen LogP contribution in [0.1, 0.15) is 47.3 Å². The van der Waals surface area contributed by atoms with Gasteiger partial charge in [-0.3, -0.25) is 4.79 Å². The maximum absolute atomic E-state index is 12.2. The molecule has 0 aliphatic carbocycles. The molecule has 204 valence electrons. The van der Waals surface area contributed by atoms with Gasteiger partial charge in [0.1, 0.15) is 12.4 Å². The van der Waals surface area contributed by atoms with E-state index >= 15 is 0 Å². The van der Waals surface area contributed by atoms with Crippen LogP contribution in [0.5, 0.6) is 5.75 Å². The first kappa shape index (κ1) is 28.2. The van der Waals surface area contributed by atoms with Crippen LogP contribution in [0.25, 0.3) is 27.4 Å². The largest absolute Gasteiger partial charge is 0.497 e.